The van der Waals surface area contributed by atoms with E-state index < -0.39 is 6.04 Å². The summed E-state index contributed by atoms with van der Waals surface area (Å²) < 4.78 is 10.7. The van der Waals surface area contributed by atoms with Gasteiger partial charge in [-0.25, -0.2) is 0 Å². The molecule has 2 aromatic rings. The summed E-state index contributed by atoms with van der Waals surface area (Å²) in [5.41, 5.74) is 3.78. The van der Waals surface area contributed by atoms with Gasteiger partial charge >= 0.3 is 0 Å². The Labute approximate surface area is 171 Å². The highest BCUT2D eigenvalue weighted by Crippen LogP contribution is 2.32. The molecular weight excluding hydrogens is 370 g/mol. The second-order valence-corrected chi connectivity index (χ2v) is 7.31. The number of para-hydroxylation sites is 1. The Hall–Kier alpha value is -3.06. The van der Waals surface area contributed by atoms with Gasteiger partial charge in [0.1, 0.15) is 0 Å². The molecule has 1 aliphatic heterocycles. The standard InChI is InChI=1S/C22H27N3O4/c1-14-6-5-7-15(2)21(14)24-20(26)11-23-22(27)16(3)25(4)12-17-8-9-18-19(10-17)29-13-28-18/h5-10,16H,11-13H2,1-4H3,(H,23,27)(H,24,26). The fraction of sp³-hybridized carbons (Fsp3) is 0.364. The smallest absolute Gasteiger partial charge is 0.243 e. The van der Waals surface area contributed by atoms with Gasteiger partial charge < -0.3 is 20.1 Å². The van der Waals surface area contributed by atoms with Crippen LogP contribution in [0, 0.1) is 13.8 Å². The van der Waals surface area contributed by atoms with Crippen molar-refractivity contribution in [3.8, 4) is 11.5 Å². The normalized spacial score (nSPS) is 13.3. The molecular formula is C22H27N3O4. The van der Waals surface area contributed by atoms with Gasteiger partial charge in [0.15, 0.2) is 11.5 Å². The quantitative estimate of drug-likeness (QED) is 0.751. The summed E-state index contributed by atoms with van der Waals surface area (Å²) in [5.74, 6) is 1.000. The fourth-order valence-corrected chi connectivity index (χ4v) is 3.17. The number of hydrogen-bond donors (Lipinski definition) is 2. The Kier molecular flexibility index (Phi) is 6.39. The van der Waals surface area contributed by atoms with Crippen LogP contribution in [0.2, 0.25) is 0 Å². The van der Waals surface area contributed by atoms with Crippen LogP contribution in [0.15, 0.2) is 36.4 Å². The molecule has 0 saturated carbocycles. The number of benzene rings is 2. The fourth-order valence-electron chi connectivity index (χ4n) is 3.17. The van der Waals surface area contributed by atoms with Crippen molar-refractivity contribution in [1.82, 2.24) is 10.2 Å². The lowest BCUT2D eigenvalue weighted by molar-refractivity contribution is -0.127. The molecule has 2 N–H and O–H groups in total. The van der Waals surface area contributed by atoms with Crippen LogP contribution >= 0.6 is 0 Å². The van der Waals surface area contributed by atoms with Crippen LogP contribution in [0.4, 0.5) is 5.69 Å². The molecule has 2 amide bonds. The molecule has 0 radical (unpaired) electrons. The molecule has 0 saturated heterocycles. The topological polar surface area (TPSA) is 79.9 Å². The maximum absolute atomic E-state index is 12.5. The van der Waals surface area contributed by atoms with Gasteiger partial charge in [0, 0.05) is 12.2 Å². The van der Waals surface area contributed by atoms with Crippen LogP contribution in [0.5, 0.6) is 11.5 Å². The van der Waals surface area contributed by atoms with E-state index >= 15 is 0 Å². The Morgan fingerprint density at radius 2 is 1.79 bits per heavy atom. The van der Waals surface area contributed by atoms with Gasteiger partial charge in [0.05, 0.1) is 12.6 Å². The number of carbonyl (C=O) groups excluding carboxylic acids is 2. The first-order valence-electron chi connectivity index (χ1n) is 9.57. The number of fused-ring (bicyclic) bond motifs is 1. The third-order valence-corrected chi connectivity index (χ3v) is 5.08. The van der Waals surface area contributed by atoms with Crippen molar-refractivity contribution in [2.75, 3.05) is 25.7 Å². The van der Waals surface area contributed by atoms with E-state index in [9.17, 15) is 9.59 Å². The highest BCUT2D eigenvalue weighted by Gasteiger charge is 2.20. The average Bonchev–Trinajstić information content (AvgIpc) is 3.16. The maximum atomic E-state index is 12.5. The first-order valence-corrected chi connectivity index (χ1v) is 9.57. The van der Waals surface area contributed by atoms with E-state index in [2.05, 4.69) is 10.6 Å². The van der Waals surface area contributed by atoms with E-state index in [0.29, 0.717) is 6.54 Å². The van der Waals surface area contributed by atoms with Crippen LogP contribution in [0.1, 0.15) is 23.6 Å². The molecule has 29 heavy (non-hydrogen) atoms. The van der Waals surface area contributed by atoms with Crippen molar-refractivity contribution < 1.29 is 19.1 Å². The first kappa shape index (κ1) is 20.7. The molecule has 0 spiro atoms. The number of hydrogen-bond acceptors (Lipinski definition) is 5. The molecule has 0 aromatic heterocycles. The third-order valence-electron chi connectivity index (χ3n) is 5.08. The lowest BCUT2D eigenvalue weighted by atomic mass is 10.1. The Morgan fingerprint density at radius 1 is 1.10 bits per heavy atom. The van der Waals surface area contributed by atoms with Gasteiger partial charge in [-0.05, 0) is 56.6 Å². The number of amides is 2. The lowest BCUT2D eigenvalue weighted by Gasteiger charge is -2.24. The van der Waals surface area contributed by atoms with Gasteiger partial charge in [-0.15, -0.1) is 0 Å². The van der Waals surface area contributed by atoms with Crippen LogP contribution in [-0.2, 0) is 16.1 Å². The molecule has 154 valence electrons. The molecule has 7 heteroatoms. The molecule has 3 rings (SSSR count). The summed E-state index contributed by atoms with van der Waals surface area (Å²) in [7, 11) is 1.87. The Balaban J connectivity index is 1.50. The zero-order valence-corrected chi connectivity index (χ0v) is 17.2. The number of carbonyl (C=O) groups is 2. The van der Waals surface area contributed by atoms with Crippen LogP contribution in [0.25, 0.3) is 0 Å². The summed E-state index contributed by atoms with van der Waals surface area (Å²) in [6.45, 7) is 6.42. The molecule has 1 heterocycles. The minimum atomic E-state index is -0.395. The van der Waals surface area contributed by atoms with Crippen LogP contribution in [0.3, 0.4) is 0 Å². The van der Waals surface area contributed by atoms with Gasteiger partial charge in [-0.1, -0.05) is 24.3 Å². The number of ether oxygens (including phenoxy) is 2. The third kappa shape index (κ3) is 5.06. The molecule has 1 unspecified atom stereocenters. The summed E-state index contributed by atoms with van der Waals surface area (Å²) in [4.78, 5) is 26.6. The first-order chi connectivity index (χ1) is 13.8. The second-order valence-electron chi connectivity index (χ2n) is 7.31. The molecule has 7 nitrogen and oxygen atoms in total. The van der Waals surface area contributed by atoms with Crippen molar-refractivity contribution in [2.24, 2.45) is 0 Å². The van der Waals surface area contributed by atoms with Gasteiger partial charge in [0.25, 0.3) is 0 Å². The molecule has 0 bridgehead atoms. The number of nitrogens with one attached hydrogen (secondary N) is 2. The van der Waals surface area contributed by atoms with E-state index in [4.69, 9.17) is 9.47 Å². The minimum absolute atomic E-state index is 0.0746. The monoisotopic (exact) mass is 397 g/mol. The lowest BCUT2D eigenvalue weighted by Crippen LogP contribution is -2.45. The summed E-state index contributed by atoms with van der Waals surface area (Å²) in [5, 5.41) is 5.59. The highest BCUT2D eigenvalue weighted by atomic mass is 16.7. The van der Waals surface area contributed by atoms with Crippen molar-refractivity contribution in [2.45, 2.75) is 33.4 Å². The number of nitrogens with zero attached hydrogens (tertiary/aromatic N) is 1. The number of rotatable bonds is 7. The molecule has 2 aromatic carbocycles. The zero-order valence-electron chi connectivity index (χ0n) is 17.2. The SMILES string of the molecule is Cc1cccc(C)c1NC(=O)CNC(=O)C(C)N(C)Cc1ccc2c(c1)OCO2. The Morgan fingerprint density at radius 3 is 2.52 bits per heavy atom. The zero-order chi connectivity index (χ0) is 21.0. The van der Waals surface area contributed by atoms with Crippen molar-refractivity contribution in [3.05, 3.63) is 53.1 Å². The second kappa shape index (κ2) is 8.96. The Bertz CT molecular complexity index is 893. The maximum Gasteiger partial charge on any atom is 0.243 e. The summed E-state index contributed by atoms with van der Waals surface area (Å²) in [6.07, 6.45) is 0. The van der Waals surface area contributed by atoms with E-state index in [1.165, 1.54) is 0 Å². The predicted octanol–water partition coefficient (Wildman–Crippen LogP) is 2.61. The van der Waals surface area contributed by atoms with Crippen LogP contribution < -0.4 is 20.1 Å². The summed E-state index contributed by atoms with van der Waals surface area (Å²) in [6, 6.07) is 11.2. The van der Waals surface area contributed by atoms with Gasteiger partial charge in [-0.2, -0.15) is 0 Å². The van der Waals surface area contributed by atoms with Gasteiger partial charge in [0.2, 0.25) is 18.6 Å². The largest absolute Gasteiger partial charge is 0.454 e. The molecule has 0 aliphatic carbocycles. The number of likely N-dealkylation sites (N-methyl/N-ethyl adjacent to an activating group) is 1. The number of anilines is 1. The highest BCUT2D eigenvalue weighted by molar-refractivity contribution is 5.96. The van der Waals surface area contributed by atoms with E-state index in [0.717, 1.165) is 33.9 Å². The number of aryl methyl sites for hydroxylation is 2. The van der Waals surface area contributed by atoms with Gasteiger partial charge in [-0.3, -0.25) is 14.5 Å². The summed E-state index contributed by atoms with van der Waals surface area (Å²) >= 11 is 0. The van der Waals surface area contributed by atoms with E-state index in [1.807, 2.05) is 69.1 Å². The molecule has 1 aliphatic rings. The van der Waals surface area contributed by atoms with Crippen molar-refractivity contribution in [1.29, 1.82) is 0 Å². The average molecular weight is 397 g/mol. The molecule has 0 fully saturated rings. The van der Waals surface area contributed by atoms with E-state index in [-0.39, 0.29) is 25.2 Å². The van der Waals surface area contributed by atoms with Crippen molar-refractivity contribution in [3.63, 3.8) is 0 Å². The minimum Gasteiger partial charge on any atom is -0.454 e. The van der Waals surface area contributed by atoms with Crippen LogP contribution in [-0.4, -0.2) is 43.1 Å². The van der Waals surface area contributed by atoms with Crippen molar-refractivity contribution >= 4 is 17.5 Å². The molecule has 1 atom stereocenters. The predicted molar refractivity (Wildman–Crippen MR) is 111 cm³/mol. The van der Waals surface area contributed by atoms with E-state index in [1.54, 1.807) is 0 Å².